The molecular weight excluding hydrogens is 210 g/mol. The molecule has 0 aliphatic heterocycles. The van der Waals surface area contributed by atoms with Gasteiger partial charge in [0.15, 0.2) is 0 Å². The molecule has 2 rings (SSSR count). The first-order valence-corrected chi connectivity index (χ1v) is 6.59. The van der Waals surface area contributed by atoms with E-state index >= 15 is 0 Å². The Morgan fingerprint density at radius 1 is 1.41 bits per heavy atom. The van der Waals surface area contributed by atoms with Crippen molar-refractivity contribution < 1.29 is 0 Å². The summed E-state index contributed by atoms with van der Waals surface area (Å²) in [6, 6.07) is 6.86. The molecule has 2 N–H and O–H groups in total. The first-order valence-electron chi connectivity index (χ1n) is 6.59. The lowest BCUT2D eigenvalue weighted by Gasteiger charge is -2.34. The number of hydrogen-bond donors (Lipinski definition) is 1. The van der Waals surface area contributed by atoms with Crippen molar-refractivity contribution in [2.75, 3.05) is 13.1 Å². The van der Waals surface area contributed by atoms with Crippen LogP contribution in [0.2, 0.25) is 0 Å². The Morgan fingerprint density at radius 3 is 2.65 bits per heavy atom. The third kappa shape index (κ3) is 3.27. The molecule has 0 spiro atoms. The molecule has 1 aromatic heterocycles. The minimum atomic E-state index is 0.261. The van der Waals surface area contributed by atoms with Crippen LogP contribution in [0.5, 0.6) is 0 Å². The lowest BCUT2D eigenvalue weighted by atomic mass is 10.1. The van der Waals surface area contributed by atoms with Gasteiger partial charge in [-0.1, -0.05) is 6.07 Å². The molecule has 1 aliphatic carbocycles. The van der Waals surface area contributed by atoms with E-state index in [4.69, 9.17) is 5.73 Å². The Labute approximate surface area is 104 Å². The van der Waals surface area contributed by atoms with Crippen LogP contribution in [0.15, 0.2) is 24.4 Å². The van der Waals surface area contributed by atoms with E-state index in [2.05, 4.69) is 29.8 Å². The molecule has 0 radical (unpaired) electrons. The van der Waals surface area contributed by atoms with Crippen molar-refractivity contribution in [2.45, 2.75) is 38.8 Å². The van der Waals surface area contributed by atoms with Gasteiger partial charge in [-0.15, -0.1) is 0 Å². The number of aromatic nitrogens is 1. The predicted molar refractivity (Wildman–Crippen MR) is 70.6 cm³/mol. The highest BCUT2D eigenvalue weighted by Gasteiger charge is 2.30. The summed E-state index contributed by atoms with van der Waals surface area (Å²) in [6.07, 6.45) is 4.61. The Hall–Kier alpha value is -0.930. The minimum Gasteiger partial charge on any atom is -0.329 e. The van der Waals surface area contributed by atoms with Crippen LogP contribution in [-0.2, 0) is 0 Å². The maximum Gasteiger partial charge on any atom is 0.0646 e. The molecule has 0 bridgehead atoms. The monoisotopic (exact) mass is 233 g/mol. The van der Waals surface area contributed by atoms with E-state index in [1.165, 1.54) is 12.8 Å². The second-order valence-electron chi connectivity index (χ2n) is 5.24. The van der Waals surface area contributed by atoms with Crippen molar-refractivity contribution in [2.24, 2.45) is 11.7 Å². The summed E-state index contributed by atoms with van der Waals surface area (Å²) in [7, 11) is 0. The third-order valence-corrected chi connectivity index (χ3v) is 3.48. The summed E-state index contributed by atoms with van der Waals surface area (Å²) in [6.45, 7) is 6.29. The second-order valence-corrected chi connectivity index (χ2v) is 5.24. The van der Waals surface area contributed by atoms with Crippen LogP contribution < -0.4 is 5.73 Å². The topological polar surface area (TPSA) is 42.1 Å². The van der Waals surface area contributed by atoms with Gasteiger partial charge in [0, 0.05) is 25.3 Å². The first-order chi connectivity index (χ1) is 8.22. The molecule has 1 fully saturated rings. The molecule has 17 heavy (non-hydrogen) atoms. The standard InChI is InChI=1S/C14H23N3/c1-11(2)17(10-12-6-7-12)14(9-15)13-5-3-4-8-16-13/h3-5,8,11-12,14H,6-7,9-10,15H2,1-2H3. The van der Waals surface area contributed by atoms with Gasteiger partial charge in [0.05, 0.1) is 11.7 Å². The highest BCUT2D eigenvalue weighted by molar-refractivity contribution is 5.10. The number of hydrogen-bond acceptors (Lipinski definition) is 3. The Bertz CT molecular complexity index is 333. The smallest absolute Gasteiger partial charge is 0.0646 e. The highest BCUT2D eigenvalue weighted by Crippen LogP contribution is 2.33. The van der Waals surface area contributed by atoms with Gasteiger partial charge in [-0.2, -0.15) is 0 Å². The van der Waals surface area contributed by atoms with Crippen LogP contribution in [0.25, 0.3) is 0 Å². The molecule has 94 valence electrons. The van der Waals surface area contributed by atoms with Gasteiger partial charge in [0.2, 0.25) is 0 Å². The van der Waals surface area contributed by atoms with Gasteiger partial charge in [0.25, 0.3) is 0 Å². The average Bonchev–Trinajstić information content (AvgIpc) is 3.14. The molecule has 3 heteroatoms. The Morgan fingerprint density at radius 2 is 2.18 bits per heavy atom. The zero-order valence-electron chi connectivity index (χ0n) is 10.8. The maximum absolute atomic E-state index is 5.96. The number of rotatable bonds is 6. The van der Waals surface area contributed by atoms with E-state index in [1.807, 2.05) is 18.3 Å². The third-order valence-electron chi connectivity index (χ3n) is 3.48. The van der Waals surface area contributed by atoms with Gasteiger partial charge in [0.1, 0.15) is 0 Å². The van der Waals surface area contributed by atoms with Gasteiger partial charge >= 0.3 is 0 Å². The molecule has 1 atom stereocenters. The van der Waals surface area contributed by atoms with Crippen LogP contribution in [-0.4, -0.2) is 29.0 Å². The van der Waals surface area contributed by atoms with Crippen molar-refractivity contribution in [1.82, 2.24) is 9.88 Å². The van der Waals surface area contributed by atoms with E-state index < -0.39 is 0 Å². The summed E-state index contributed by atoms with van der Waals surface area (Å²) in [5.74, 6) is 0.884. The van der Waals surface area contributed by atoms with Gasteiger partial charge in [-0.3, -0.25) is 9.88 Å². The molecule has 1 aliphatic rings. The maximum atomic E-state index is 5.96. The molecule has 0 saturated heterocycles. The molecule has 1 aromatic rings. The lowest BCUT2D eigenvalue weighted by molar-refractivity contribution is 0.147. The van der Waals surface area contributed by atoms with Gasteiger partial charge in [-0.05, 0) is 44.7 Å². The molecule has 1 saturated carbocycles. The Balaban J connectivity index is 2.13. The fourth-order valence-corrected chi connectivity index (χ4v) is 2.30. The van der Waals surface area contributed by atoms with Crippen molar-refractivity contribution >= 4 is 0 Å². The normalized spacial score (nSPS) is 17.7. The van der Waals surface area contributed by atoms with E-state index in [9.17, 15) is 0 Å². The fraction of sp³-hybridized carbons (Fsp3) is 0.643. The van der Waals surface area contributed by atoms with E-state index in [1.54, 1.807) is 0 Å². The van der Waals surface area contributed by atoms with Crippen LogP contribution in [0.1, 0.15) is 38.4 Å². The highest BCUT2D eigenvalue weighted by atomic mass is 15.2. The van der Waals surface area contributed by atoms with E-state index in [-0.39, 0.29) is 6.04 Å². The SMILES string of the molecule is CC(C)N(CC1CC1)C(CN)c1ccccn1. The summed E-state index contributed by atoms with van der Waals surface area (Å²) < 4.78 is 0. The van der Waals surface area contributed by atoms with Crippen LogP contribution in [0.4, 0.5) is 0 Å². The number of pyridine rings is 1. The summed E-state index contributed by atoms with van der Waals surface area (Å²) in [5.41, 5.74) is 7.06. The summed E-state index contributed by atoms with van der Waals surface area (Å²) >= 11 is 0. The molecule has 3 nitrogen and oxygen atoms in total. The lowest BCUT2D eigenvalue weighted by Crippen LogP contribution is -2.40. The largest absolute Gasteiger partial charge is 0.329 e. The van der Waals surface area contributed by atoms with E-state index in [0.717, 1.165) is 18.2 Å². The number of nitrogens with zero attached hydrogens (tertiary/aromatic N) is 2. The van der Waals surface area contributed by atoms with Crippen LogP contribution >= 0.6 is 0 Å². The van der Waals surface area contributed by atoms with E-state index in [0.29, 0.717) is 12.6 Å². The summed E-state index contributed by atoms with van der Waals surface area (Å²) in [5, 5.41) is 0. The second kappa shape index (κ2) is 5.61. The minimum absolute atomic E-state index is 0.261. The van der Waals surface area contributed by atoms with Crippen LogP contribution in [0.3, 0.4) is 0 Å². The molecule has 0 aromatic carbocycles. The molecule has 1 heterocycles. The quantitative estimate of drug-likeness (QED) is 0.819. The molecular formula is C14H23N3. The fourth-order valence-electron chi connectivity index (χ4n) is 2.30. The number of nitrogens with two attached hydrogens (primary N) is 1. The van der Waals surface area contributed by atoms with Gasteiger partial charge < -0.3 is 5.73 Å². The van der Waals surface area contributed by atoms with Gasteiger partial charge in [-0.25, -0.2) is 0 Å². The van der Waals surface area contributed by atoms with Crippen LogP contribution in [0, 0.1) is 5.92 Å². The predicted octanol–water partition coefficient (Wildman–Crippen LogP) is 2.20. The zero-order valence-corrected chi connectivity index (χ0v) is 10.8. The average molecular weight is 233 g/mol. The zero-order chi connectivity index (χ0) is 12.3. The first kappa shape index (κ1) is 12.5. The van der Waals surface area contributed by atoms with Crippen molar-refractivity contribution in [3.8, 4) is 0 Å². The molecule has 0 amide bonds. The van der Waals surface area contributed by atoms with Crippen molar-refractivity contribution in [3.05, 3.63) is 30.1 Å². The van der Waals surface area contributed by atoms with Crippen molar-refractivity contribution in [1.29, 1.82) is 0 Å². The molecule has 1 unspecified atom stereocenters. The Kier molecular flexibility index (Phi) is 4.13. The van der Waals surface area contributed by atoms with Crippen molar-refractivity contribution in [3.63, 3.8) is 0 Å². The summed E-state index contributed by atoms with van der Waals surface area (Å²) in [4.78, 5) is 6.96.